The van der Waals surface area contributed by atoms with Crippen LogP contribution in [0.1, 0.15) is 19.4 Å². The summed E-state index contributed by atoms with van der Waals surface area (Å²) >= 11 is 1.37. The van der Waals surface area contributed by atoms with Gasteiger partial charge in [0.2, 0.25) is 5.91 Å². The van der Waals surface area contributed by atoms with E-state index >= 15 is 0 Å². The first kappa shape index (κ1) is 22.6. The Bertz CT molecular complexity index is 1220. The van der Waals surface area contributed by atoms with Crippen molar-refractivity contribution in [3.63, 3.8) is 0 Å². The molecule has 1 atom stereocenters. The summed E-state index contributed by atoms with van der Waals surface area (Å²) < 4.78 is 7.62. The van der Waals surface area contributed by atoms with Gasteiger partial charge in [0.1, 0.15) is 5.75 Å². The smallest absolute Gasteiger partial charge is 0.237 e. The second kappa shape index (κ2) is 10.4. The van der Waals surface area contributed by atoms with Crippen molar-refractivity contribution in [3.05, 3.63) is 84.4 Å². The number of aromatic nitrogens is 3. The van der Waals surface area contributed by atoms with E-state index in [1.54, 1.807) is 0 Å². The molecule has 0 saturated heterocycles. The van der Waals surface area contributed by atoms with Gasteiger partial charge >= 0.3 is 0 Å². The fourth-order valence-electron chi connectivity index (χ4n) is 3.34. The molecule has 0 fully saturated rings. The summed E-state index contributed by atoms with van der Waals surface area (Å²) in [6, 6.07) is 25.6. The molecule has 33 heavy (non-hydrogen) atoms. The molecule has 0 bridgehead atoms. The van der Waals surface area contributed by atoms with Crippen molar-refractivity contribution in [2.24, 2.45) is 0 Å². The molecule has 0 aliphatic rings. The van der Waals surface area contributed by atoms with Gasteiger partial charge in [-0.2, -0.15) is 0 Å². The van der Waals surface area contributed by atoms with Crippen molar-refractivity contribution < 1.29 is 9.53 Å². The van der Waals surface area contributed by atoms with Gasteiger partial charge in [-0.25, -0.2) is 0 Å². The van der Waals surface area contributed by atoms with Crippen LogP contribution in [0.5, 0.6) is 5.75 Å². The van der Waals surface area contributed by atoms with E-state index in [0.717, 1.165) is 17.1 Å². The highest BCUT2D eigenvalue weighted by atomic mass is 32.2. The fourth-order valence-corrected chi connectivity index (χ4v) is 4.21. The third-order valence-electron chi connectivity index (χ3n) is 5.05. The molecule has 4 aromatic rings. The number of hydrogen-bond donors (Lipinski definition) is 1. The average molecular weight is 459 g/mol. The molecule has 0 aliphatic heterocycles. The largest absolute Gasteiger partial charge is 0.492 e. The van der Waals surface area contributed by atoms with E-state index in [4.69, 9.17) is 4.74 Å². The lowest BCUT2D eigenvalue weighted by molar-refractivity contribution is -0.115. The Morgan fingerprint density at radius 3 is 2.42 bits per heavy atom. The molecule has 0 radical (unpaired) electrons. The Labute approximate surface area is 198 Å². The molecule has 3 aromatic carbocycles. The number of rotatable bonds is 8. The number of para-hydroxylation sites is 2. The topological polar surface area (TPSA) is 69.0 Å². The van der Waals surface area contributed by atoms with Crippen LogP contribution in [0.2, 0.25) is 0 Å². The predicted molar refractivity (Wildman–Crippen MR) is 133 cm³/mol. The van der Waals surface area contributed by atoms with Crippen molar-refractivity contribution in [2.45, 2.75) is 31.2 Å². The predicted octanol–water partition coefficient (Wildman–Crippen LogP) is 5.76. The summed E-state index contributed by atoms with van der Waals surface area (Å²) in [5.41, 5.74) is 3.73. The number of anilines is 1. The maximum Gasteiger partial charge on any atom is 0.237 e. The van der Waals surface area contributed by atoms with Crippen LogP contribution in [0.15, 0.2) is 84.0 Å². The zero-order chi connectivity index (χ0) is 23.2. The van der Waals surface area contributed by atoms with E-state index in [2.05, 4.69) is 34.6 Å². The Kier molecular flexibility index (Phi) is 7.10. The normalized spacial score (nSPS) is 11.7. The van der Waals surface area contributed by atoms with Crippen molar-refractivity contribution in [3.8, 4) is 22.8 Å². The molecule has 1 heterocycles. The first-order valence-electron chi connectivity index (χ1n) is 10.8. The summed E-state index contributed by atoms with van der Waals surface area (Å²) in [5, 5.41) is 12.1. The Hall–Kier alpha value is -3.58. The van der Waals surface area contributed by atoms with Crippen LogP contribution in [-0.4, -0.2) is 32.5 Å². The molecule has 4 rings (SSSR count). The lowest BCUT2D eigenvalue weighted by Gasteiger charge is -2.15. The molecule has 1 unspecified atom stereocenters. The van der Waals surface area contributed by atoms with Gasteiger partial charge in [0.25, 0.3) is 0 Å². The van der Waals surface area contributed by atoms with E-state index in [-0.39, 0.29) is 5.91 Å². The number of amides is 1. The molecule has 0 saturated carbocycles. The number of nitrogens with zero attached hydrogens (tertiary/aromatic N) is 3. The van der Waals surface area contributed by atoms with E-state index in [1.165, 1.54) is 17.3 Å². The number of benzene rings is 3. The average Bonchev–Trinajstić information content (AvgIpc) is 3.25. The lowest BCUT2D eigenvalue weighted by Crippen LogP contribution is -2.23. The molecule has 0 aliphatic carbocycles. The van der Waals surface area contributed by atoms with Crippen LogP contribution >= 0.6 is 11.8 Å². The standard InChI is InChI=1S/C26H26N4O2S/c1-4-32-23-13-9-8-12-22(23)27-25(31)19(3)33-26-29-28-24(20-10-6-5-7-11-20)30(26)21-16-14-18(2)15-17-21/h5-17,19H,4H2,1-3H3,(H,27,31). The summed E-state index contributed by atoms with van der Waals surface area (Å²) in [7, 11) is 0. The second-order valence-electron chi connectivity index (χ2n) is 7.52. The minimum absolute atomic E-state index is 0.133. The number of carbonyl (C=O) groups is 1. The Morgan fingerprint density at radius 2 is 1.70 bits per heavy atom. The van der Waals surface area contributed by atoms with Gasteiger partial charge in [-0.1, -0.05) is 71.9 Å². The molecule has 1 N–H and O–H groups in total. The maximum atomic E-state index is 13.0. The molecule has 1 amide bonds. The lowest BCUT2D eigenvalue weighted by atomic mass is 10.2. The molecule has 6 nitrogen and oxygen atoms in total. The molecule has 0 spiro atoms. The molecule has 1 aromatic heterocycles. The molecular weight excluding hydrogens is 432 g/mol. The number of nitrogens with one attached hydrogen (secondary N) is 1. The zero-order valence-corrected chi connectivity index (χ0v) is 19.7. The maximum absolute atomic E-state index is 13.0. The minimum Gasteiger partial charge on any atom is -0.492 e. The van der Waals surface area contributed by atoms with Gasteiger partial charge in [-0.15, -0.1) is 10.2 Å². The summed E-state index contributed by atoms with van der Waals surface area (Å²) in [5.74, 6) is 1.25. The van der Waals surface area contributed by atoms with Gasteiger partial charge in [0.05, 0.1) is 17.5 Å². The summed E-state index contributed by atoms with van der Waals surface area (Å²) in [6.45, 7) is 6.36. The van der Waals surface area contributed by atoms with Crippen LogP contribution in [-0.2, 0) is 4.79 Å². The number of hydrogen-bond acceptors (Lipinski definition) is 5. The van der Waals surface area contributed by atoms with Crippen LogP contribution in [0.3, 0.4) is 0 Å². The van der Waals surface area contributed by atoms with Gasteiger partial charge in [-0.3, -0.25) is 9.36 Å². The van der Waals surface area contributed by atoms with Crippen molar-refractivity contribution in [1.29, 1.82) is 0 Å². The SMILES string of the molecule is CCOc1ccccc1NC(=O)C(C)Sc1nnc(-c2ccccc2)n1-c1ccc(C)cc1. The third-order valence-corrected chi connectivity index (χ3v) is 6.10. The van der Waals surface area contributed by atoms with E-state index in [0.29, 0.717) is 23.2 Å². The van der Waals surface area contributed by atoms with Gasteiger partial charge < -0.3 is 10.1 Å². The quantitative estimate of drug-likeness (QED) is 0.340. The van der Waals surface area contributed by atoms with Crippen molar-refractivity contribution in [1.82, 2.24) is 14.8 Å². The number of thioether (sulfide) groups is 1. The summed E-state index contributed by atoms with van der Waals surface area (Å²) in [6.07, 6.45) is 0. The highest BCUT2D eigenvalue weighted by Gasteiger charge is 2.22. The molecule has 7 heteroatoms. The van der Waals surface area contributed by atoms with E-state index < -0.39 is 5.25 Å². The molecular formula is C26H26N4O2S. The Balaban J connectivity index is 1.62. The Morgan fingerprint density at radius 1 is 1.00 bits per heavy atom. The van der Waals surface area contributed by atoms with Crippen LogP contribution < -0.4 is 10.1 Å². The second-order valence-corrected chi connectivity index (χ2v) is 8.83. The minimum atomic E-state index is -0.406. The highest BCUT2D eigenvalue weighted by Crippen LogP contribution is 2.31. The fraction of sp³-hybridized carbons (Fsp3) is 0.192. The third kappa shape index (κ3) is 5.26. The number of ether oxygens (including phenoxy) is 1. The monoisotopic (exact) mass is 458 g/mol. The highest BCUT2D eigenvalue weighted by molar-refractivity contribution is 8.00. The number of carbonyl (C=O) groups excluding carboxylic acids is 1. The van der Waals surface area contributed by atoms with Crippen molar-refractivity contribution in [2.75, 3.05) is 11.9 Å². The first-order chi connectivity index (χ1) is 16.1. The zero-order valence-electron chi connectivity index (χ0n) is 18.9. The molecule has 168 valence electrons. The number of aryl methyl sites for hydroxylation is 1. The van der Waals surface area contributed by atoms with E-state index in [1.807, 2.05) is 85.1 Å². The van der Waals surface area contributed by atoms with Crippen LogP contribution in [0.4, 0.5) is 5.69 Å². The van der Waals surface area contributed by atoms with Gasteiger partial charge in [0, 0.05) is 11.3 Å². The first-order valence-corrected chi connectivity index (χ1v) is 11.7. The van der Waals surface area contributed by atoms with Crippen molar-refractivity contribution >= 4 is 23.4 Å². The van der Waals surface area contributed by atoms with Gasteiger partial charge in [0.15, 0.2) is 11.0 Å². The van der Waals surface area contributed by atoms with E-state index in [9.17, 15) is 4.79 Å². The van der Waals surface area contributed by atoms with Crippen LogP contribution in [0, 0.1) is 6.92 Å². The van der Waals surface area contributed by atoms with Gasteiger partial charge in [-0.05, 0) is 45.0 Å². The van der Waals surface area contributed by atoms with Crippen LogP contribution in [0.25, 0.3) is 17.1 Å². The summed E-state index contributed by atoms with van der Waals surface area (Å²) in [4.78, 5) is 13.0.